The van der Waals surface area contributed by atoms with Gasteiger partial charge in [-0.15, -0.1) is 0 Å². The van der Waals surface area contributed by atoms with Crippen LogP contribution in [-0.4, -0.2) is 10.8 Å². The van der Waals surface area contributed by atoms with E-state index in [1.807, 2.05) is 24.3 Å². The Balaban J connectivity index is 1.77. The predicted molar refractivity (Wildman–Crippen MR) is 78.2 cm³/mol. The molecular weight excluding hydrogens is 236 g/mol. The standard InChI is InChI=1S/C16H18N2O/c1-16(10-12-6-8-13(11-19)9-7-12)17-14-4-2-3-5-15(14)18-16/h2-9,17-19H,10-11H2,1H3. The molecule has 98 valence electrons. The van der Waals surface area contributed by atoms with Gasteiger partial charge in [0.15, 0.2) is 0 Å². The van der Waals surface area contributed by atoms with Crippen LogP contribution in [-0.2, 0) is 13.0 Å². The largest absolute Gasteiger partial charge is 0.392 e. The summed E-state index contributed by atoms with van der Waals surface area (Å²) in [5.41, 5.74) is 4.33. The second-order valence-electron chi connectivity index (χ2n) is 5.28. The summed E-state index contributed by atoms with van der Waals surface area (Å²) in [6.45, 7) is 2.26. The SMILES string of the molecule is CC1(Cc2ccc(CO)cc2)Nc2ccccc2N1. The molecule has 0 saturated carbocycles. The molecule has 1 aliphatic heterocycles. The molecule has 3 nitrogen and oxygen atoms in total. The number of aliphatic hydroxyl groups is 1. The number of aliphatic hydroxyl groups excluding tert-OH is 1. The average molecular weight is 254 g/mol. The molecule has 2 aromatic carbocycles. The third kappa shape index (κ3) is 2.42. The third-order valence-corrected chi connectivity index (χ3v) is 3.51. The van der Waals surface area contributed by atoms with Gasteiger partial charge in [-0.1, -0.05) is 36.4 Å². The molecule has 3 heteroatoms. The molecule has 2 aromatic rings. The smallest absolute Gasteiger partial charge is 0.109 e. The molecule has 0 radical (unpaired) electrons. The van der Waals surface area contributed by atoms with Crippen LogP contribution in [0.4, 0.5) is 11.4 Å². The first-order valence-electron chi connectivity index (χ1n) is 6.53. The van der Waals surface area contributed by atoms with Crippen LogP contribution in [0.3, 0.4) is 0 Å². The van der Waals surface area contributed by atoms with Crippen LogP contribution in [0, 0.1) is 0 Å². The van der Waals surface area contributed by atoms with Crippen molar-refractivity contribution in [3.63, 3.8) is 0 Å². The minimum absolute atomic E-state index is 0.0967. The van der Waals surface area contributed by atoms with Gasteiger partial charge in [-0.25, -0.2) is 0 Å². The van der Waals surface area contributed by atoms with Crippen molar-refractivity contribution in [3.8, 4) is 0 Å². The van der Waals surface area contributed by atoms with Gasteiger partial charge in [-0.05, 0) is 30.2 Å². The molecule has 0 fully saturated rings. The molecule has 0 atom stereocenters. The molecule has 3 rings (SSSR count). The zero-order valence-electron chi connectivity index (χ0n) is 11.0. The van der Waals surface area contributed by atoms with E-state index < -0.39 is 0 Å². The molecule has 1 aliphatic rings. The molecule has 1 heterocycles. The maximum Gasteiger partial charge on any atom is 0.109 e. The first kappa shape index (κ1) is 12.1. The summed E-state index contributed by atoms with van der Waals surface area (Å²) in [4.78, 5) is 0. The van der Waals surface area contributed by atoms with E-state index in [1.165, 1.54) is 5.56 Å². The van der Waals surface area contributed by atoms with Crippen molar-refractivity contribution in [3.05, 3.63) is 59.7 Å². The number of benzene rings is 2. The van der Waals surface area contributed by atoms with E-state index in [-0.39, 0.29) is 12.3 Å². The average Bonchev–Trinajstić information content (AvgIpc) is 2.75. The van der Waals surface area contributed by atoms with E-state index >= 15 is 0 Å². The van der Waals surface area contributed by atoms with Crippen molar-refractivity contribution in [1.82, 2.24) is 0 Å². The monoisotopic (exact) mass is 254 g/mol. The summed E-state index contributed by atoms with van der Waals surface area (Å²) in [7, 11) is 0. The molecule has 0 unspecified atom stereocenters. The molecular formula is C16H18N2O. The second-order valence-corrected chi connectivity index (χ2v) is 5.28. The Morgan fingerprint density at radius 3 is 1.95 bits per heavy atom. The lowest BCUT2D eigenvalue weighted by molar-refractivity contribution is 0.282. The maximum atomic E-state index is 9.06. The zero-order valence-corrected chi connectivity index (χ0v) is 11.0. The summed E-state index contributed by atoms with van der Waals surface area (Å²) < 4.78 is 0. The highest BCUT2D eigenvalue weighted by atomic mass is 16.3. The van der Waals surface area contributed by atoms with Gasteiger partial charge < -0.3 is 15.7 Å². The normalized spacial score (nSPS) is 15.5. The van der Waals surface area contributed by atoms with E-state index in [1.54, 1.807) is 0 Å². The first-order valence-corrected chi connectivity index (χ1v) is 6.53. The van der Waals surface area contributed by atoms with Crippen molar-refractivity contribution < 1.29 is 5.11 Å². The molecule has 0 bridgehead atoms. The van der Waals surface area contributed by atoms with E-state index in [2.05, 4.69) is 41.8 Å². The molecule has 3 N–H and O–H groups in total. The number of para-hydroxylation sites is 2. The zero-order chi connectivity index (χ0) is 13.3. The quantitative estimate of drug-likeness (QED) is 0.789. The Morgan fingerprint density at radius 2 is 1.42 bits per heavy atom. The summed E-state index contributed by atoms with van der Waals surface area (Å²) in [5.74, 6) is 0. The first-order chi connectivity index (χ1) is 9.18. The molecule has 0 aliphatic carbocycles. The van der Waals surface area contributed by atoms with Crippen LogP contribution >= 0.6 is 0 Å². The Bertz CT molecular complexity index is 553. The second kappa shape index (κ2) is 4.59. The van der Waals surface area contributed by atoms with Crippen LogP contribution in [0.5, 0.6) is 0 Å². The highest BCUT2D eigenvalue weighted by Gasteiger charge is 2.30. The van der Waals surface area contributed by atoms with Gasteiger partial charge in [0.25, 0.3) is 0 Å². The highest BCUT2D eigenvalue weighted by Crippen LogP contribution is 2.34. The van der Waals surface area contributed by atoms with Crippen molar-refractivity contribution in [2.75, 3.05) is 10.6 Å². The number of hydrogen-bond donors (Lipinski definition) is 3. The predicted octanol–water partition coefficient (Wildman–Crippen LogP) is 2.98. The number of anilines is 2. The van der Waals surface area contributed by atoms with Crippen molar-refractivity contribution >= 4 is 11.4 Å². The lowest BCUT2D eigenvalue weighted by atomic mass is 10.0. The number of fused-ring (bicyclic) bond motifs is 1. The maximum absolute atomic E-state index is 9.06. The van der Waals surface area contributed by atoms with Gasteiger partial charge in [-0.3, -0.25) is 0 Å². The topological polar surface area (TPSA) is 44.3 Å². The Kier molecular flexibility index (Phi) is 2.91. The number of hydrogen-bond acceptors (Lipinski definition) is 3. The van der Waals surface area contributed by atoms with Gasteiger partial charge in [-0.2, -0.15) is 0 Å². The fourth-order valence-electron chi connectivity index (χ4n) is 2.59. The minimum atomic E-state index is -0.162. The van der Waals surface area contributed by atoms with Crippen LogP contribution < -0.4 is 10.6 Å². The molecule has 0 spiro atoms. The van der Waals surface area contributed by atoms with Gasteiger partial charge in [0.1, 0.15) is 5.66 Å². The van der Waals surface area contributed by atoms with Gasteiger partial charge in [0.05, 0.1) is 18.0 Å². The van der Waals surface area contributed by atoms with E-state index in [0.29, 0.717) is 0 Å². The van der Waals surface area contributed by atoms with Gasteiger partial charge in [0.2, 0.25) is 0 Å². The lowest BCUT2D eigenvalue weighted by Gasteiger charge is -2.26. The summed E-state index contributed by atoms with van der Waals surface area (Å²) in [6, 6.07) is 16.3. The highest BCUT2D eigenvalue weighted by molar-refractivity contribution is 5.75. The lowest BCUT2D eigenvalue weighted by Crippen LogP contribution is -2.40. The van der Waals surface area contributed by atoms with Crippen molar-refractivity contribution in [1.29, 1.82) is 0 Å². The summed E-state index contributed by atoms with van der Waals surface area (Å²) in [5, 5.41) is 16.1. The van der Waals surface area contributed by atoms with Crippen LogP contribution in [0.2, 0.25) is 0 Å². The van der Waals surface area contributed by atoms with Crippen LogP contribution in [0.1, 0.15) is 18.1 Å². The van der Waals surface area contributed by atoms with Crippen molar-refractivity contribution in [2.45, 2.75) is 25.6 Å². The van der Waals surface area contributed by atoms with E-state index in [0.717, 1.165) is 23.4 Å². The third-order valence-electron chi connectivity index (χ3n) is 3.51. The van der Waals surface area contributed by atoms with Crippen molar-refractivity contribution in [2.24, 2.45) is 0 Å². The molecule has 0 saturated heterocycles. The fourth-order valence-corrected chi connectivity index (χ4v) is 2.59. The number of rotatable bonds is 3. The Labute approximate surface area is 113 Å². The molecule has 0 aromatic heterocycles. The van der Waals surface area contributed by atoms with E-state index in [4.69, 9.17) is 5.11 Å². The Morgan fingerprint density at radius 1 is 0.895 bits per heavy atom. The number of nitrogens with one attached hydrogen (secondary N) is 2. The van der Waals surface area contributed by atoms with Gasteiger partial charge in [0, 0.05) is 6.42 Å². The van der Waals surface area contributed by atoms with E-state index in [9.17, 15) is 0 Å². The molecule has 19 heavy (non-hydrogen) atoms. The fraction of sp³-hybridized carbons (Fsp3) is 0.250. The summed E-state index contributed by atoms with van der Waals surface area (Å²) in [6.07, 6.45) is 0.882. The van der Waals surface area contributed by atoms with Crippen LogP contribution in [0.15, 0.2) is 48.5 Å². The van der Waals surface area contributed by atoms with Gasteiger partial charge >= 0.3 is 0 Å². The Hall–Kier alpha value is -2.00. The summed E-state index contributed by atoms with van der Waals surface area (Å²) >= 11 is 0. The minimum Gasteiger partial charge on any atom is -0.392 e. The van der Waals surface area contributed by atoms with Crippen LogP contribution in [0.25, 0.3) is 0 Å². The molecule has 0 amide bonds.